The van der Waals surface area contributed by atoms with Gasteiger partial charge in [0.1, 0.15) is 12.4 Å². The summed E-state index contributed by atoms with van der Waals surface area (Å²) in [6, 6.07) is 7.93. The fourth-order valence-electron chi connectivity index (χ4n) is 1.55. The summed E-state index contributed by atoms with van der Waals surface area (Å²) in [5, 5.41) is 0. The summed E-state index contributed by atoms with van der Waals surface area (Å²) in [7, 11) is 0. The van der Waals surface area contributed by atoms with Crippen LogP contribution in [0.15, 0.2) is 24.3 Å². The summed E-state index contributed by atoms with van der Waals surface area (Å²) < 4.78 is 5.70. The molecule has 0 saturated carbocycles. The molecule has 0 aliphatic carbocycles. The normalized spacial score (nSPS) is 12.5. The highest BCUT2D eigenvalue weighted by molar-refractivity contribution is 5.36. The van der Waals surface area contributed by atoms with Crippen LogP contribution >= 0.6 is 0 Å². The highest BCUT2D eigenvalue weighted by Crippen LogP contribution is 2.25. The lowest BCUT2D eigenvalue weighted by Gasteiger charge is -2.14. The highest BCUT2D eigenvalue weighted by atomic mass is 16.5. The van der Waals surface area contributed by atoms with Crippen molar-refractivity contribution in [2.45, 2.75) is 40.2 Å². The van der Waals surface area contributed by atoms with Gasteiger partial charge in [0.05, 0.1) is 0 Å². The second-order valence-corrected chi connectivity index (χ2v) is 5.39. The van der Waals surface area contributed by atoms with Gasteiger partial charge in [-0.05, 0) is 33.3 Å². The van der Waals surface area contributed by atoms with E-state index in [1.54, 1.807) is 0 Å². The maximum absolute atomic E-state index is 6.05. The van der Waals surface area contributed by atoms with E-state index in [1.807, 2.05) is 24.3 Å². The van der Waals surface area contributed by atoms with Gasteiger partial charge in [0, 0.05) is 17.0 Å². The van der Waals surface area contributed by atoms with Crippen molar-refractivity contribution in [3.05, 3.63) is 29.8 Å². The lowest BCUT2D eigenvalue weighted by atomic mass is 9.98. The molecule has 1 aromatic rings. The lowest BCUT2D eigenvalue weighted by Crippen LogP contribution is -2.11. The monoisotopic (exact) mass is 245 g/mol. The maximum Gasteiger partial charge on any atom is 0.149 e. The van der Waals surface area contributed by atoms with Crippen LogP contribution < -0.4 is 10.5 Å². The minimum Gasteiger partial charge on any atom is -0.481 e. The molecule has 0 unspecified atom stereocenters. The molecule has 0 aliphatic rings. The molecule has 2 nitrogen and oxygen atoms in total. The van der Waals surface area contributed by atoms with E-state index in [1.165, 1.54) is 0 Å². The first-order chi connectivity index (χ1) is 8.44. The van der Waals surface area contributed by atoms with Crippen molar-refractivity contribution >= 4 is 0 Å². The van der Waals surface area contributed by atoms with Crippen molar-refractivity contribution in [2.75, 3.05) is 6.61 Å². The Morgan fingerprint density at radius 3 is 2.56 bits per heavy atom. The Kier molecular flexibility index (Phi) is 5.25. The van der Waals surface area contributed by atoms with Crippen LogP contribution in [0.5, 0.6) is 5.75 Å². The van der Waals surface area contributed by atoms with E-state index in [0.29, 0.717) is 6.61 Å². The molecule has 18 heavy (non-hydrogen) atoms. The van der Waals surface area contributed by atoms with Gasteiger partial charge < -0.3 is 10.5 Å². The van der Waals surface area contributed by atoms with Gasteiger partial charge in [-0.2, -0.15) is 0 Å². The van der Waals surface area contributed by atoms with Crippen LogP contribution in [0.25, 0.3) is 0 Å². The molecule has 0 aromatic heterocycles. The van der Waals surface area contributed by atoms with Crippen LogP contribution in [0, 0.1) is 17.3 Å². The number of benzene rings is 1. The van der Waals surface area contributed by atoms with Crippen LogP contribution in [0.4, 0.5) is 0 Å². The SMILES string of the molecule is CC[C@@H](N)c1ccccc1OCC#CC(C)(C)C. The topological polar surface area (TPSA) is 35.2 Å². The first-order valence-electron chi connectivity index (χ1n) is 6.41. The summed E-state index contributed by atoms with van der Waals surface area (Å²) in [6.07, 6.45) is 0.897. The van der Waals surface area contributed by atoms with E-state index in [2.05, 4.69) is 39.5 Å². The van der Waals surface area contributed by atoms with Gasteiger partial charge in [0.2, 0.25) is 0 Å². The molecule has 1 aromatic carbocycles. The fourth-order valence-corrected chi connectivity index (χ4v) is 1.55. The summed E-state index contributed by atoms with van der Waals surface area (Å²) in [6.45, 7) is 8.73. The molecule has 0 spiro atoms. The number of hydrogen-bond acceptors (Lipinski definition) is 2. The van der Waals surface area contributed by atoms with Gasteiger partial charge in [-0.1, -0.05) is 37.0 Å². The molecule has 1 atom stereocenters. The Bertz CT molecular complexity index is 434. The van der Waals surface area contributed by atoms with Crippen molar-refractivity contribution in [3.8, 4) is 17.6 Å². The molecule has 0 saturated heterocycles. The minimum atomic E-state index is 0.0166. The summed E-state index contributed by atoms with van der Waals surface area (Å²) in [5.74, 6) is 7.04. The van der Waals surface area contributed by atoms with Crippen molar-refractivity contribution in [1.82, 2.24) is 0 Å². The molecule has 98 valence electrons. The zero-order valence-electron chi connectivity index (χ0n) is 11.8. The van der Waals surface area contributed by atoms with E-state index in [9.17, 15) is 0 Å². The minimum absolute atomic E-state index is 0.0166. The molecule has 2 N–H and O–H groups in total. The smallest absolute Gasteiger partial charge is 0.149 e. The molecule has 0 heterocycles. The predicted molar refractivity (Wildman–Crippen MR) is 76.4 cm³/mol. The van der Waals surface area contributed by atoms with Gasteiger partial charge in [-0.3, -0.25) is 0 Å². The van der Waals surface area contributed by atoms with Gasteiger partial charge in [0.25, 0.3) is 0 Å². The average Bonchev–Trinajstić information content (AvgIpc) is 2.33. The van der Waals surface area contributed by atoms with Crippen LogP contribution in [-0.2, 0) is 0 Å². The maximum atomic E-state index is 6.05. The number of hydrogen-bond donors (Lipinski definition) is 1. The van der Waals surface area contributed by atoms with Gasteiger partial charge in [-0.15, -0.1) is 0 Å². The fraction of sp³-hybridized carbons (Fsp3) is 0.500. The second kappa shape index (κ2) is 6.47. The van der Waals surface area contributed by atoms with E-state index in [-0.39, 0.29) is 11.5 Å². The van der Waals surface area contributed by atoms with Crippen molar-refractivity contribution < 1.29 is 4.74 Å². The zero-order valence-corrected chi connectivity index (χ0v) is 11.8. The van der Waals surface area contributed by atoms with E-state index < -0.39 is 0 Å². The molecule has 0 bridgehead atoms. The lowest BCUT2D eigenvalue weighted by molar-refractivity contribution is 0.362. The van der Waals surface area contributed by atoms with Crippen molar-refractivity contribution in [3.63, 3.8) is 0 Å². The molecular weight excluding hydrogens is 222 g/mol. The van der Waals surface area contributed by atoms with Gasteiger partial charge >= 0.3 is 0 Å². The molecule has 0 fully saturated rings. The Labute approximate surface area is 111 Å². The Hall–Kier alpha value is -1.46. The number of rotatable bonds is 4. The third-order valence-corrected chi connectivity index (χ3v) is 2.52. The van der Waals surface area contributed by atoms with Crippen molar-refractivity contribution in [2.24, 2.45) is 11.1 Å². The summed E-state index contributed by atoms with van der Waals surface area (Å²) in [4.78, 5) is 0. The van der Waals surface area contributed by atoms with Crippen LogP contribution in [0.1, 0.15) is 45.7 Å². The first kappa shape index (κ1) is 14.6. The summed E-state index contributed by atoms with van der Waals surface area (Å²) >= 11 is 0. The van der Waals surface area contributed by atoms with E-state index in [0.717, 1.165) is 17.7 Å². The molecule has 0 amide bonds. The second-order valence-electron chi connectivity index (χ2n) is 5.39. The highest BCUT2D eigenvalue weighted by Gasteiger charge is 2.09. The standard InChI is InChI=1S/C16H23NO/c1-5-14(17)13-9-6-7-10-15(13)18-12-8-11-16(2,3)4/h6-7,9-10,14H,5,12,17H2,1-4H3/t14-/m1/s1. The molecule has 0 radical (unpaired) electrons. The Balaban J connectivity index is 2.70. The Morgan fingerprint density at radius 2 is 1.94 bits per heavy atom. The third kappa shape index (κ3) is 4.81. The van der Waals surface area contributed by atoms with Crippen LogP contribution in [-0.4, -0.2) is 6.61 Å². The molecule has 0 aliphatic heterocycles. The number of ether oxygens (including phenoxy) is 1. The van der Waals surface area contributed by atoms with Crippen LogP contribution in [0.3, 0.4) is 0 Å². The Morgan fingerprint density at radius 1 is 1.28 bits per heavy atom. The average molecular weight is 245 g/mol. The predicted octanol–water partition coefficient (Wildman–Crippen LogP) is 3.52. The van der Waals surface area contributed by atoms with Crippen molar-refractivity contribution in [1.29, 1.82) is 0 Å². The largest absolute Gasteiger partial charge is 0.481 e. The molecule has 2 heteroatoms. The van der Waals surface area contributed by atoms with E-state index in [4.69, 9.17) is 10.5 Å². The number of nitrogens with two attached hydrogens (primary N) is 1. The number of para-hydroxylation sites is 1. The summed E-state index contributed by atoms with van der Waals surface area (Å²) in [5.41, 5.74) is 7.12. The van der Waals surface area contributed by atoms with E-state index >= 15 is 0 Å². The quantitative estimate of drug-likeness (QED) is 0.824. The van der Waals surface area contributed by atoms with Gasteiger partial charge in [0.15, 0.2) is 0 Å². The molecular formula is C16H23NO. The molecule has 1 rings (SSSR count). The third-order valence-electron chi connectivity index (χ3n) is 2.52. The van der Waals surface area contributed by atoms with Crippen LogP contribution in [0.2, 0.25) is 0 Å². The zero-order chi connectivity index (χ0) is 13.6. The van der Waals surface area contributed by atoms with Gasteiger partial charge in [-0.25, -0.2) is 0 Å². The first-order valence-corrected chi connectivity index (χ1v) is 6.41.